The molecule has 0 bridgehead atoms. The van der Waals surface area contributed by atoms with Crippen LogP contribution in [0, 0.1) is 11.3 Å². The quantitative estimate of drug-likeness (QED) is 0.874. The average Bonchev–Trinajstić information content (AvgIpc) is 2.84. The highest BCUT2D eigenvalue weighted by Crippen LogP contribution is 2.32. The van der Waals surface area contributed by atoms with Crippen molar-refractivity contribution in [1.82, 2.24) is 15.1 Å². The van der Waals surface area contributed by atoms with Gasteiger partial charge in [0.15, 0.2) is 0 Å². The van der Waals surface area contributed by atoms with E-state index >= 15 is 0 Å². The van der Waals surface area contributed by atoms with Gasteiger partial charge in [-0.05, 0) is 33.8 Å². The Bertz CT molecular complexity index is 795. The van der Waals surface area contributed by atoms with Crippen molar-refractivity contribution in [1.29, 1.82) is 5.26 Å². The van der Waals surface area contributed by atoms with Gasteiger partial charge in [0, 0.05) is 23.5 Å². The highest BCUT2D eigenvalue weighted by molar-refractivity contribution is 5.97. The Morgan fingerprint density at radius 3 is 2.70 bits per heavy atom. The molecule has 3 rings (SSSR count). The monoisotopic (exact) mass is 307 g/mol. The van der Waals surface area contributed by atoms with Crippen LogP contribution in [0.3, 0.4) is 0 Å². The van der Waals surface area contributed by atoms with Crippen LogP contribution in [0.1, 0.15) is 39.2 Å². The van der Waals surface area contributed by atoms with Crippen LogP contribution in [0.15, 0.2) is 35.5 Å². The SMILES string of the molecule is CC(C)N1CC(C)(C)N=C1C(C#N)c1cnnc2ccccc12. The molecule has 0 saturated heterocycles. The van der Waals surface area contributed by atoms with Crippen LogP contribution in [-0.4, -0.2) is 39.1 Å². The molecule has 1 unspecified atom stereocenters. The minimum absolute atomic E-state index is 0.176. The highest BCUT2D eigenvalue weighted by atomic mass is 15.3. The summed E-state index contributed by atoms with van der Waals surface area (Å²) in [6.07, 6.45) is 1.70. The predicted octanol–water partition coefficient (Wildman–Crippen LogP) is 3.14. The van der Waals surface area contributed by atoms with Gasteiger partial charge in [0.05, 0.1) is 23.3 Å². The van der Waals surface area contributed by atoms with Crippen molar-refractivity contribution >= 4 is 16.7 Å². The molecule has 0 amide bonds. The standard InChI is InChI=1S/C18H21N5/c1-12(2)23-11-18(3,4)21-17(23)14(9-19)15-10-20-22-16-8-6-5-7-13(15)16/h5-8,10,12,14H,11H2,1-4H3. The lowest BCUT2D eigenvalue weighted by molar-refractivity contribution is 0.320. The summed E-state index contributed by atoms with van der Waals surface area (Å²) in [4.78, 5) is 7.07. The minimum atomic E-state index is -0.431. The van der Waals surface area contributed by atoms with E-state index in [1.807, 2.05) is 24.3 Å². The topological polar surface area (TPSA) is 65.2 Å². The minimum Gasteiger partial charge on any atom is -0.354 e. The second-order valence-corrected chi connectivity index (χ2v) is 6.88. The van der Waals surface area contributed by atoms with Gasteiger partial charge in [-0.15, -0.1) is 0 Å². The van der Waals surface area contributed by atoms with Gasteiger partial charge in [0.2, 0.25) is 0 Å². The molecular formula is C18H21N5. The maximum atomic E-state index is 9.86. The van der Waals surface area contributed by atoms with Crippen LogP contribution in [0.5, 0.6) is 0 Å². The molecule has 0 fully saturated rings. The normalized spacial score (nSPS) is 18.1. The van der Waals surface area contributed by atoms with Gasteiger partial charge in [-0.25, -0.2) is 0 Å². The number of aromatic nitrogens is 2. The molecule has 5 nitrogen and oxygen atoms in total. The van der Waals surface area contributed by atoms with E-state index in [-0.39, 0.29) is 5.54 Å². The molecule has 0 spiro atoms. The largest absolute Gasteiger partial charge is 0.354 e. The molecule has 0 aliphatic carbocycles. The summed E-state index contributed by atoms with van der Waals surface area (Å²) in [5, 5.41) is 19.1. The van der Waals surface area contributed by atoms with Gasteiger partial charge in [-0.2, -0.15) is 15.5 Å². The molecule has 2 aromatic rings. The first kappa shape index (κ1) is 15.4. The van der Waals surface area contributed by atoms with E-state index in [1.165, 1.54) is 0 Å². The first-order valence-electron chi connectivity index (χ1n) is 7.89. The Balaban J connectivity index is 2.14. The second-order valence-electron chi connectivity index (χ2n) is 6.88. The van der Waals surface area contributed by atoms with Crippen LogP contribution in [0.25, 0.3) is 10.9 Å². The molecule has 1 aliphatic rings. The van der Waals surface area contributed by atoms with Crippen molar-refractivity contribution in [2.75, 3.05) is 6.54 Å². The van der Waals surface area contributed by atoms with E-state index in [0.29, 0.717) is 6.04 Å². The van der Waals surface area contributed by atoms with Crippen molar-refractivity contribution in [2.24, 2.45) is 4.99 Å². The number of hydrogen-bond donors (Lipinski definition) is 0. The van der Waals surface area contributed by atoms with Gasteiger partial charge < -0.3 is 4.90 Å². The number of amidine groups is 1. The van der Waals surface area contributed by atoms with E-state index < -0.39 is 5.92 Å². The van der Waals surface area contributed by atoms with Crippen molar-refractivity contribution < 1.29 is 0 Å². The van der Waals surface area contributed by atoms with Crippen molar-refractivity contribution in [2.45, 2.75) is 45.2 Å². The van der Waals surface area contributed by atoms with Crippen molar-refractivity contribution in [3.63, 3.8) is 0 Å². The number of hydrogen-bond acceptors (Lipinski definition) is 5. The smallest absolute Gasteiger partial charge is 0.131 e. The molecule has 2 heterocycles. The highest BCUT2D eigenvalue weighted by Gasteiger charge is 2.37. The molecule has 0 N–H and O–H groups in total. The molecule has 23 heavy (non-hydrogen) atoms. The number of fused-ring (bicyclic) bond motifs is 1. The maximum absolute atomic E-state index is 9.86. The third-order valence-corrected chi connectivity index (χ3v) is 4.17. The third-order valence-electron chi connectivity index (χ3n) is 4.17. The second kappa shape index (κ2) is 5.62. The number of aliphatic imine (C=N–C) groups is 1. The Morgan fingerprint density at radius 2 is 2.00 bits per heavy atom. The summed E-state index contributed by atoms with van der Waals surface area (Å²) in [5.41, 5.74) is 1.50. The molecule has 5 heteroatoms. The zero-order chi connectivity index (χ0) is 16.6. The summed E-state index contributed by atoms with van der Waals surface area (Å²) in [5.74, 6) is 0.408. The molecule has 1 aromatic heterocycles. The molecular weight excluding hydrogens is 286 g/mol. The van der Waals surface area contributed by atoms with Crippen LogP contribution < -0.4 is 0 Å². The van der Waals surface area contributed by atoms with Crippen LogP contribution in [0.4, 0.5) is 0 Å². The lowest BCUT2D eigenvalue weighted by atomic mass is 9.96. The molecule has 1 aromatic carbocycles. The molecule has 1 atom stereocenters. The first-order valence-corrected chi connectivity index (χ1v) is 7.89. The number of nitrogens with zero attached hydrogens (tertiary/aromatic N) is 5. The predicted molar refractivity (Wildman–Crippen MR) is 91.2 cm³/mol. The number of rotatable bonds is 3. The van der Waals surface area contributed by atoms with E-state index in [0.717, 1.165) is 28.8 Å². The van der Waals surface area contributed by atoms with Crippen molar-refractivity contribution in [3.8, 4) is 6.07 Å². The summed E-state index contributed by atoms with van der Waals surface area (Å²) in [6, 6.07) is 10.5. The maximum Gasteiger partial charge on any atom is 0.131 e. The fourth-order valence-corrected chi connectivity index (χ4v) is 3.11. The van der Waals surface area contributed by atoms with E-state index in [4.69, 9.17) is 4.99 Å². The van der Waals surface area contributed by atoms with E-state index in [2.05, 4.69) is 48.9 Å². The van der Waals surface area contributed by atoms with Crippen LogP contribution in [-0.2, 0) is 0 Å². The summed E-state index contributed by atoms with van der Waals surface area (Å²) in [6.45, 7) is 9.30. The summed E-state index contributed by atoms with van der Waals surface area (Å²) < 4.78 is 0. The first-order chi connectivity index (χ1) is 10.9. The van der Waals surface area contributed by atoms with E-state index in [9.17, 15) is 5.26 Å². The average molecular weight is 307 g/mol. The molecule has 0 saturated carbocycles. The Labute approximate surface area is 136 Å². The van der Waals surface area contributed by atoms with Crippen LogP contribution >= 0.6 is 0 Å². The Kier molecular flexibility index (Phi) is 3.77. The van der Waals surface area contributed by atoms with Gasteiger partial charge in [0.1, 0.15) is 11.8 Å². The summed E-state index contributed by atoms with van der Waals surface area (Å²) >= 11 is 0. The van der Waals surface area contributed by atoms with Gasteiger partial charge in [-0.1, -0.05) is 18.2 Å². The third kappa shape index (κ3) is 2.77. The molecule has 118 valence electrons. The molecule has 0 radical (unpaired) electrons. The molecule has 1 aliphatic heterocycles. The summed E-state index contributed by atoms with van der Waals surface area (Å²) in [7, 11) is 0. The number of nitriles is 1. The van der Waals surface area contributed by atoms with E-state index in [1.54, 1.807) is 6.20 Å². The zero-order valence-corrected chi connectivity index (χ0v) is 14.0. The fourth-order valence-electron chi connectivity index (χ4n) is 3.11. The lowest BCUT2D eigenvalue weighted by Gasteiger charge is -2.28. The van der Waals surface area contributed by atoms with Crippen LogP contribution in [0.2, 0.25) is 0 Å². The zero-order valence-electron chi connectivity index (χ0n) is 14.0. The van der Waals surface area contributed by atoms with Gasteiger partial charge in [-0.3, -0.25) is 4.99 Å². The van der Waals surface area contributed by atoms with Gasteiger partial charge in [0.25, 0.3) is 0 Å². The van der Waals surface area contributed by atoms with Gasteiger partial charge >= 0.3 is 0 Å². The Hall–Kier alpha value is -2.48. The Morgan fingerprint density at radius 1 is 1.26 bits per heavy atom. The number of benzene rings is 1. The lowest BCUT2D eigenvalue weighted by Crippen LogP contribution is -2.39. The fraction of sp³-hybridized carbons (Fsp3) is 0.444. The van der Waals surface area contributed by atoms with Crippen molar-refractivity contribution in [3.05, 3.63) is 36.0 Å².